The maximum atomic E-state index is 6.02. The van der Waals surface area contributed by atoms with E-state index in [1.54, 1.807) is 14.2 Å². The number of halogens is 1. The monoisotopic (exact) mass is 325 g/mol. The van der Waals surface area contributed by atoms with Crippen LogP contribution in [0.5, 0.6) is 11.5 Å². The molecule has 23 heavy (non-hydrogen) atoms. The molecule has 0 fully saturated rings. The molecule has 0 radical (unpaired) electrons. The molecule has 0 spiro atoms. The van der Waals surface area contributed by atoms with E-state index in [0.29, 0.717) is 16.5 Å². The van der Waals surface area contributed by atoms with Gasteiger partial charge in [0.25, 0.3) is 0 Å². The highest BCUT2D eigenvalue weighted by Crippen LogP contribution is 2.28. The minimum Gasteiger partial charge on any atom is -0.493 e. The standard InChI is InChI=1S/C19H16ClNO2/c1-22-18-10-4-13(11-19(18)23-2)3-8-16-9-6-14-5-7-15(20)12-17(14)21-16/h3-12H,1-2H3/b8-3+. The number of nitrogens with zero attached hydrogens (tertiary/aromatic N) is 1. The first-order valence-electron chi connectivity index (χ1n) is 7.16. The van der Waals surface area contributed by atoms with Gasteiger partial charge in [-0.2, -0.15) is 0 Å². The molecule has 0 saturated carbocycles. The van der Waals surface area contributed by atoms with Crippen LogP contribution in [0.3, 0.4) is 0 Å². The summed E-state index contributed by atoms with van der Waals surface area (Å²) in [6.45, 7) is 0. The van der Waals surface area contributed by atoms with Crippen molar-refractivity contribution in [1.29, 1.82) is 0 Å². The first-order chi connectivity index (χ1) is 11.2. The number of ether oxygens (including phenoxy) is 2. The SMILES string of the molecule is COc1ccc(/C=C/c2ccc3ccc(Cl)cc3n2)cc1OC. The summed E-state index contributed by atoms with van der Waals surface area (Å²) in [7, 11) is 3.25. The number of pyridine rings is 1. The third-order valence-electron chi connectivity index (χ3n) is 3.53. The van der Waals surface area contributed by atoms with Gasteiger partial charge in [-0.1, -0.05) is 35.9 Å². The molecule has 0 aliphatic carbocycles. The highest BCUT2D eigenvalue weighted by atomic mass is 35.5. The predicted octanol–water partition coefficient (Wildman–Crippen LogP) is 5.08. The van der Waals surface area contributed by atoms with Crippen molar-refractivity contribution in [3.8, 4) is 11.5 Å². The molecular weight excluding hydrogens is 310 g/mol. The van der Waals surface area contributed by atoms with E-state index in [0.717, 1.165) is 22.2 Å². The summed E-state index contributed by atoms with van der Waals surface area (Å²) in [5.74, 6) is 1.41. The first kappa shape index (κ1) is 15.4. The van der Waals surface area contributed by atoms with E-state index in [-0.39, 0.29) is 0 Å². The van der Waals surface area contributed by atoms with E-state index in [2.05, 4.69) is 4.98 Å². The summed E-state index contributed by atoms with van der Waals surface area (Å²) in [5, 5.41) is 1.75. The molecule has 0 aliphatic rings. The minimum atomic E-state index is 0.686. The Balaban J connectivity index is 1.90. The molecule has 0 unspecified atom stereocenters. The average Bonchev–Trinajstić information content (AvgIpc) is 2.59. The van der Waals surface area contributed by atoms with Crippen LogP contribution in [0.2, 0.25) is 5.02 Å². The number of fused-ring (bicyclic) bond motifs is 1. The Morgan fingerprint density at radius 3 is 2.43 bits per heavy atom. The van der Waals surface area contributed by atoms with Crippen LogP contribution in [0.25, 0.3) is 23.1 Å². The lowest BCUT2D eigenvalue weighted by molar-refractivity contribution is 0.355. The van der Waals surface area contributed by atoms with Crippen molar-refractivity contribution in [2.75, 3.05) is 14.2 Å². The normalized spacial score (nSPS) is 11.1. The predicted molar refractivity (Wildman–Crippen MR) is 95.2 cm³/mol. The Bertz CT molecular complexity index is 874. The van der Waals surface area contributed by atoms with Crippen LogP contribution in [0, 0.1) is 0 Å². The van der Waals surface area contributed by atoms with E-state index in [1.165, 1.54) is 0 Å². The zero-order valence-corrected chi connectivity index (χ0v) is 13.7. The topological polar surface area (TPSA) is 31.4 Å². The fourth-order valence-corrected chi connectivity index (χ4v) is 2.50. The van der Waals surface area contributed by atoms with Crippen molar-refractivity contribution < 1.29 is 9.47 Å². The Morgan fingerprint density at radius 1 is 0.870 bits per heavy atom. The zero-order chi connectivity index (χ0) is 16.2. The number of aromatic nitrogens is 1. The molecule has 4 heteroatoms. The molecule has 3 nitrogen and oxygen atoms in total. The molecule has 0 bridgehead atoms. The summed E-state index contributed by atoms with van der Waals surface area (Å²) < 4.78 is 10.6. The molecule has 0 aliphatic heterocycles. The number of rotatable bonds is 4. The highest BCUT2D eigenvalue weighted by molar-refractivity contribution is 6.31. The van der Waals surface area contributed by atoms with Crippen molar-refractivity contribution in [2.24, 2.45) is 0 Å². The molecule has 0 amide bonds. The maximum absolute atomic E-state index is 6.02. The highest BCUT2D eigenvalue weighted by Gasteiger charge is 2.03. The lowest BCUT2D eigenvalue weighted by atomic mass is 10.1. The van der Waals surface area contributed by atoms with Gasteiger partial charge >= 0.3 is 0 Å². The van der Waals surface area contributed by atoms with Crippen molar-refractivity contribution in [3.63, 3.8) is 0 Å². The fraction of sp³-hybridized carbons (Fsp3) is 0.105. The summed E-state index contributed by atoms with van der Waals surface area (Å²) in [5.41, 5.74) is 2.76. The van der Waals surface area contributed by atoms with Gasteiger partial charge in [-0.05, 0) is 42.0 Å². The van der Waals surface area contributed by atoms with E-state index < -0.39 is 0 Å². The van der Waals surface area contributed by atoms with E-state index in [4.69, 9.17) is 21.1 Å². The quantitative estimate of drug-likeness (QED) is 0.670. The number of benzene rings is 2. The van der Waals surface area contributed by atoms with Crippen molar-refractivity contribution in [1.82, 2.24) is 4.98 Å². The van der Waals surface area contributed by atoms with Crippen molar-refractivity contribution in [2.45, 2.75) is 0 Å². The first-order valence-corrected chi connectivity index (χ1v) is 7.54. The van der Waals surface area contributed by atoms with Crippen LogP contribution in [0.4, 0.5) is 0 Å². The van der Waals surface area contributed by atoms with Gasteiger partial charge in [0.2, 0.25) is 0 Å². The van der Waals surface area contributed by atoms with Crippen molar-refractivity contribution in [3.05, 3.63) is 64.8 Å². The van der Waals surface area contributed by atoms with Gasteiger partial charge in [-0.3, -0.25) is 0 Å². The third kappa shape index (κ3) is 3.46. The Kier molecular flexibility index (Phi) is 4.49. The molecule has 0 saturated heterocycles. The lowest BCUT2D eigenvalue weighted by Gasteiger charge is -2.07. The number of hydrogen-bond donors (Lipinski definition) is 0. The van der Waals surface area contributed by atoms with Gasteiger partial charge < -0.3 is 9.47 Å². The molecule has 3 aromatic rings. The van der Waals surface area contributed by atoms with Gasteiger partial charge in [0.15, 0.2) is 11.5 Å². The summed E-state index contributed by atoms with van der Waals surface area (Å²) in [4.78, 5) is 4.60. The van der Waals surface area contributed by atoms with Crippen LogP contribution in [0.1, 0.15) is 11.3 Å². The lowest BCUT2D eigenvalue weighted by Crippen LogP contribution is -1.90. The molecule has 1 aromatic heterocycles. The smallest absolute Gasteiger partial charge is 0.161 e. The van der Waals surface area contributed by atoms with Gasteiger partial charge in [0.05, 0.1) is 25.4 Å². The second-order valence-electron chi connectivity index (χ2n) is 5.02. The van der Waals surface area contributed by atoms with Crippen LogP contribution in [0.15, 0.2) is 48.5 Å². The molecule has 3 rings (SSSR count). The van der Waals surface area contributed by atoms with Gasteiger partial charge in [-0.15, -0.1) is 0 Å². The van der Waals surface area contributed by atoms with Crippen molar-refractivity contribution >= 4 is 34.7 Å². The zero-order valence-electron chi connectivity index (χ0n) is 12.9. The second kappa shape index (κ2) is 6.71. The number of methoxy groups -OCH3 is 2. The van der Waals surface area contributed by atoms with Crippen LogP contribution >= 0.6 is 11.6 Å². The van der Waals surface area contributed by atoms with Crippen LogP contribution < -0.4 is 9.47 Å². The summed E-state index contributed by atoms with van der Waals surface area (Å²) >= 11 is 6.02. The van der Waals surface area contributed by atoms with Gasteiger partial charge in [-0.25, -0.2) is 4.98 Å². The summed E-state index contributed by atoms with van der Waals surface area (Å²) in [6.07, 6.45) is 3.95. The van der Waals surface area contributed by atoms with Gasteiger partial charge in [0, 0.05) is 10.4 Å². The van der Waals surface area contributed by atoms with Gasteiger partial charge in [0.1, 0.15) is 0 Å². The number of hydrogen-bond acceptors (Lipinski definition) is 3. The maximum Gasteiger partial charge on any atom is 0.161 e. The largest absolute Gasteiger partial charge is 0.493 e. The molecule has 2 aromatic carbocycles. The second-order valence-corrected chi connectivity index (χ2v) is 5.46. The van der Waals surface area contributed by atoms with E-state index >= 15 is 0 Å². The third-order valence-corrected chi connectivity index (χ3v) is 3.76. The molecule has 0 N–H and O–H groups in total. The Hall–Kier alpha value is -2.52. The summed E-state index contributed by atoms with van der Waals surface area (Å²) in [6, 6.07) is 15.5. The fourth-order valence-electron chi connectivity index (χ4n) is 2.34. The molecule has 116 valence electrons. The van der Waals surface area contributed by atoms with E-state index in [1.807, 2.05) is 60.7 Å². The van der Waals surface area contributed by atoms with Crippen LogP contribution in [-0.4, -0.2) is 19.2 Å². The van der Waals surface area contributed by atoms with E-state index in [9.17, 15) is 0 Å². The average molecular weight is 326 g/mol. The molecular formula is C19H16ClNO2. The Labute approximate surface area is 140 Å². The Morgan fingerprint density at radius 2 is 1.65 bits per heavy atom. The van der Waals surface area contributed by atoms with Crippen LogP contribution in [-0.2, 0) is 0 Å². The molecule has 0 atom stereocenters. The minimum absolute atomic E-state index is 0.686. The molecule has 1 heterocycles.